The van der Waals surface area contributed by atoms with Crippen LogP contribution >= 0.6 is 11.8 Å². The van der Waals surface area contributed by atoms with Crippen molar-refractivity contribution in [2.24, 2.45) is 5.73 Å². The third-order valence-corrected chi connectivity index (χ3v) is 4.81. The molecule has 0 aliphatic carbocycles. The number of thioether (sulfide) groups is 1. The van der Waals surface area contributed by atoms with Gasteiger partial charge >= 0.3 is 0 Å². The molecule has 26 heavy (non-hydrogen) atoms. The molecule has 0 aliphatic heterocycles. The second-order valence-corrected chi connectivity index (χ2v) is 6.89. The van der Waals surface area contributed by atoms with Gasteiger partial charge in [0.15, 0.2) is 11.0 Å². The van der Waals surface area contributed by atoms with E-state index in [0.717, 1.165) is 17.1 Å². The normalized spacial score (nSPS) is 10.7. The summed E-state index contributed by atoms with van der Waals surface area (Å²) in [6.45, 7) is 3.24. The SMILES string of the molecule is Cc1ccc(NCc2nnc(SCC(N)=O)n2Cc2ccccc2)cc1. The Kier molecular flexibility index (Phi) is 5.91. The van der Waals surface area contributed by atoms with E-state index >= 15 is 0 Å². The highest BCUT2D eigenvalue weighted by atomic mass is 32.2. The van der Waals surface area contributed by atoms with E-state index in [1.54, 1.807) is 0 Å². The Balaban J connectivity index is 1.78. The Bertz CT molecular complexity index is 861. The van der Waals surface area contributed by atoms with Gasteiger partial charge in [0.1, 0.15) is 0 Å². The highest BCUT2D eigenvalue weighted by Crippen LogP contribution is 2.19. The van der Waals surface area contributed by atoms with Crippen molar-refractivity contribution in [1.82, 2.24) is 14.8 Å². The molecule has 0 saturated carbocycles. The van der Waals surface area contributed by atoms with E-state index in [2.05, 4.69) is 46.7 Å². The molecule has 3 aromatic rings. The van der Waals surface area contributed by atoms with E-state index in [-0.39, 0.29) is 11.7 Å². The lowest BCUT2D eigenvalue weighted by Gasteiger charge is -2.11. The van der Waals surface area contributed by atoms with Crippen molar-refractivity contribution < 1.29 is 4.79 Å². The quantitative estimate of drug-likeness (QED) is 0.598. The van der Waals surface area contributed by atoms with Gasteiger partial charge in [-0.3, -0.25) is 4.79 Å². The van der Waals surface area contributed by atoms with E-state index < -0.39 is 0 Å². The number of carbonyl (C=O) groups is 1. The number of nitrogens with zero attached hydrogens (tertiary/aromatic N) is 3. The van der Waals surface area contributed by atoms with E-state index in [1.165, 1.54) is 17.3 Å². The monoisotopic (exact) mass is 367 g/mol. The maximum Gasteiger partial charge on any atom is 0.227 e. The first kappa shape index (κ1) is 18.0. The first-order valence-corrected chi connectivity index (χ1v) is 9.28. The second kappa shape index (κ2) is 8.53. The molecule has 0 atom stereocenters. The zero-order chi connectivity index (χ0) is 18.4. The van der Waals surface area contributed by atoms with Crippen LogP contribution in [0.1, 0.15) is 17.0 Å². The molecule has 0 saturated heterocycles. The van der Waals surface area contributed by atoms with E-state index in [1.807, 2.05) is 34.9 Å². The average molecular weight is 367 g/mol. The maximum atomic E-state index is 11.1. The second-order valence-electron chi connectivity index (χ2n) is 5.95. The van der Waals surface area contributed by atoms with Gasteiger partial charge in [-0.2, -0.15) is 0 Å². The van der Waals surface area contributed by atoms with Crippen LogP contribution in [0, 0.1) is 6.92 Å². The number of aromatic nitrogens is 3. The maximum absolute atomic E-state index is 11.1. The molecule has 0 unspecified atom stereocenters. The summed E-state index contributed by atoms with van der Waals surface area (Å²) >= 11 is 1.31. The first-order valence-electron chi connectivity index (χ1n) is 8.29. The molecular formula is C19H21N5OS. The highest BCUT2D eigenvalue weighted by molar-refractivity contribution is 7.99. The molecule has 0 bridgehead atoms. The average Bonchev–Trinajstić information content (AvgIpc) is 3.02. The van der Waals surface area contributed by atoms with Gasteiger partial charge < -0.3 is 15.6 Å². The molecule has 134 valence electrons. The topological polar surface area (TPSA) is 85.8 Å². The van der Waals surface area contributed by atoms with Crippen LogP contribution < -0.4 is 11.1 Å². The summed E-state index contributed by atoms with van der Waals surface area (Å²) in [7, 11) is 0. The highest BCUT2D eigenvalue weighted by Gasteiger charge is 2.14. The summed E-state index contributed by atoms with van der Waals surface area (Å²) in [4.78, 5) is 11.1. The molecule has 0 fully saturated rings. The van der Waals surface area contributed by atoms with Gasteiger partial charge in [-0.15, -0.1) is 10.2 Å². The fraction of sp³-hybridized carbons (Fsp3) is 0.211. The Hall–Kier alpha value is -2.80. The number of nitrogens with two attached hydrogens (primary N) is 1. The number of primary amides is 1. The number of hydrogen-bond donors (Lipinski definition) is 2. The zero-order valence-corrected chi connectivity index (χ0v) is 15.4. The zero-order valence-electron chi connectivity index (χ0n) is 14.6. The number of anilines is 1. The summed E-state index contributed by atoms with van der Waals surface area (Å²) in [6, 6.07) is 18.3. The van der Waals surface area contributed by atoms with Crippen LogP contribution in [0.25, 0.3) is 0 Å². The summed E-state index contributed by atoms with van der Waals surface area (Å²) in [5.74, 6) is 0.614. The molecular weight excluding hydrogens is 346 g/mol. The molecule has 1 heterocycles. The molecule has 2 aromatic carbocycles. The minimum Gasteiger partial charge on any atom is -0.378 e. The number of rotatable bonds is 8. The molecule has 3 N–H and O–H groups in total. The van der Waals surface area contributed by atoms with Crippen LogP contribution in [-0.2, 0) is 17.9 Å². The number of hydrogen-bond acceptors (Lipinski definition) is 5. The predicted molar refractivity (Wildman–Crippen MR) is 104 cm³/mol. The summed E-state index contributed by atoms with van der Waals surface area (Å²) in [5.41, 5.74) is 8.65. The molecule has 0 aliphatic rings. The third-order valence-electron chi connectivity index (χ3n) is 3.82. The van der Waals surface area contributed by atoms with Crippen molar-refractivity contribution in [3.05, 3.63) is 71.5 Å². The van der Waals surface area contributed by atoms with Gasteiger partial charge in [-0.05, 0) is 24.6 Å². The number of carbonyl (C=O) groups excluding carboxylic acids is 1. The van der Waals surface area contributed by atoms with Crippen molar-refractivity contribution in [3.63, 3.8) is 0 Å². The summed E-state index contributed by atoms with van der Waals surface area (Å²) in [6.07, 6.45) is 0. The molecule has 1 aromatic heterocycles. The molecule has 0 spiro atoms. The van der Waals surface area contributed by atoms with Crippen molar-refractivity contribution >= 4 is 23.4 Å². The van der Waals surface area contributed by atoms with Crippen LogP contribution in [0.2, 0.25) is 0 Å². The van der Waals surface area contributed by atoms with Crippen molar-refractivity contribution in [2.75, 3.05) is 11.1 Å². The van der Waals surface area contributed by atoms with Gasteiger partial charge in [0.2, 0.25) is 5.91 Å². The smallest absolute Gasteiger partial charge is 0.227 e. The largest absolute Gasteiger partial charge is 0.378 e. The molecule has 0 radical (unpaired) electrons. The molecule has 6 nitrogen and oxygen atoms in total. The number of nitrogens with one attached hydrogen (secondary N) is 1. The van der Waals surface area contributed by atoms with Gasteiger partial charge in [0.25, 0.3) is 0 Å². The van der Waals surface area contributed by atoms with E-state index in [0.29, 0.717) is 18.2 Å². The van der Waals surface area contributed by atoms with Gasteiger partial charge in [0, 0.05) is 5.69 Å². The Morgan fingerprint density at radius 2 is 1.85 bits per heavy atom. The van der Waals surface area contributed by atoms with Gasteiger partial charge in [-0.1, -0.05) is 59.8 Å². The van der Waals surface area contributed by atoms with Crippen molar-refractivity contribution in [1.29, 1.82) is 0 Å². The Morgan fingerprint density at radius 1 is 1.12 bits per heavy atom. The molecule has 7 heteroatoms. The van der Waals surface area contributed by atoms with Crippen LogP contribution in [0.3, 0.4) is 0 Å². The van der Waals surface area contributed by atoms with Gasteiger partial charge in [-0.25, -0.2) is 0 Å². The Labute approximate surface area is 156 Å². The van der Waals surface area contributed by atoms with E-state index in [4.69, 9.17) is 5.73 Å². The van der Waals surface area contributed by atoms with Crippen LogP contribution in [0.5, 0.6) is 0 Å². The minimum atomic E-state index is -0.372. The predicted octanol–water partition coefficient (Wildman–Crippen LogP) is 2.82. The third kappa shape index (κ3) is 4.86. The van der Waals surface area contributed by atoms with Crippen LogP contribution in [0.15, 0.2) is 59.8 Å². The first-order chi connectivity index (χ1) is 12.6. The minimum absolute atomic E-state index is 0.179. The van der Waals surface area contributed by atoms with E-state index in [9.17, 15) is 4.79 Å². The fourth-order valence-electron chi connectivity index (χ4n) is 2.47. The summed E-state index contributed by atoms with van der Waals surface area (Å²) < 4.78 is 2.02. The van der Waals surface area contributed by atoms with Crippen LogP contribution in [-0.4, -0.2) is 26.4 Å². The number of benzene rings is 2. The summed E-state index contributed by atoms with van der Waals surface area (Å²) in [5, 5.41) is 12.6. The lowest BCUT2D eigenvalue weighted by atomic mass is 10.2. The Morgan fingerprint density at radius 3 is 2.54 bits per heavy atom. The fourth-order valence-corrected chi connectivity index (χ4v) is 3.17. The van der Waals surface area contributed by atoms with Crippen molar-refractivity contribution in [3.8, 4) is 0 Å². The molecule has 1 amide bonds. The lowest BCUT2D eigenvalue weighted by Crippen LogP contribution is -2.15. The standard InChI is InChI=1S/C19H21N5OS/c1-14-7-9-16(10-8-14)21-11-18-22-23-19(26-13-17(20)25)24(18)12-15-5-3-2-4-6-15/h2-10,21H,11-13H2,1H3,(H2,20,25). The number of aryl methyl sites for hydroxylation is 1. The molecule has 3 rings (SSSR count). The lowest BCUT2D eigenvalue weighted by molar-refractivity contribution is -0.115. The van der Waals surface area contributed by atoms with Crippen molar-refractivity contribution in [2.45, 2.75) is 25.2 Å². The van der Waals surface area contributed by atoms with Crippen LogP contribution in [0.4, 0.5) is 5.69 Å². The number of amides is 1. The van der Waals surface area contributed by atoms with Gasteiger partial charge in [0.05, 0.1) is 18.8 Å².